The van der Waals surface area contributed by atoms with E-state index in [4.69, 9.17) is 4.74 Å². The van der Waals surface area contributed by atoms with Gasteiger partial charge >= 0.3 is 0 Å². The van der Waals surface area contributed by atoms with Crippen molar-refractivity contribution < 1.29 is 4.74 Å². The largest absolute Gasteiger partial charge is 0.487 e. The van der Waals surface area contributed by atoms with Gasteiger partial charge in [-0.05, 0) is 37.3 Å². The van der Waals surface area contributed by atoms with Crippen molar-refractivity contribution in [2.45, 2.75) is 13.0 Å². The molecule has 1 unspecified atom stereocenters. The quantitative estimate of drug-likeness (QED) is 0.755. The summed E-state index contributed by atoms with van der Waals surface area (Å²) < 4.78 is 5.76. The first-order valence-corrected chi connectivity index (χ1v) is 7.35. The summed E-state index contributed by atoms with van der Waals surface area (Å²) in [6.45, 7) is 2.57. The Morgan fingerprint density at radius 3 is 2.61 bits per heavy atom. The number of nitrogens with one attached hydrogen (secondary N) is 1. The molecule has 0 saturated heterocycles. The van der Waals surface area contributed by atoms with Gasteiger partial charge in [0.15, 0.2) is 0 Å². The van der Waals surface area contributed by atoms with Crippen molar-refractivity contribution in [1.29, 1.82) is 0 Å². The third kappa shape index (κ3) is 4.23. The number of rotatable bonds is 6. The van der Waals surface area contributed by atoms with E-state index in [1.807, 2.05) is 37.3 Å². The number of pyridine rings is 2. The standard InChI is InChI=1S/C17H17N5O/c1-13(23-15-5-3-8-19-12-15)10-21-17-20-9-6-16(22-17)14-4-2-7-18-11-14/h2-9,11-13H,10H2,1H3,(H,20,21,22). The molecular formula is C17H17N5O. The molecule has 0 radical (unpaired) electrons. The Bertz CT molecular complexity index is 736. The lowest BCUT2D eigenvalue weighted by Gasteiger charge is -2.15. The highest BCUT2D eigenvalue weighted by Crippen LogP contribution is 2.16. The topological polar surface area (TPSA) is 72.8 Å². The van der Waals surface area contributed by atoms with Gasteiger partial charge in [-0.15, -0.1) is 0 Å². The second kappa shape index (κ2) is 7.31. The predicted octanol–water partition coefficient (Wildman–Crippen LogP) is 2.81. The second-order valence-electron chi connectivity index (χ2n) is 5.01. The molecular weight excluding hydrogens is 290 g/mol. The molecule has 0 aliphatic rings. The average molecular weight is 307 g/mol. The van der Waals surface area contributed by atoms with Crippen LogP contribution in [0.25, 0.3) is 11.3 Å². The molecule has 3 aromatic heterocycles. The molecule has 3 aromatic rings. The fraction of sp³-hybridized carbons (Fsp3) is 0.176. The Hall–Kier alpha value is -3.02. The zero-order chi connectivity index (χ0) is 15.9. The van der Waals surface area contributed by atoms with E-state index >= 15 is 0 Å². The predicted molar refractivity (Wildman–Crippen MR) is 88.1 cm³/mol. The van der Waals surface area contributed by atoms with Gasteiger partial charge < -0.3 is 10.1 Å². The molecule has 0 saturated carbocycles. The van der Waals surface area contributed by atoms with Crippen LogP contribution < -0.4 is 10.1 Å². The van der Waals surface area contributed by atoms with Gasteiger partial charge in [0.05, 0.1) is 18.4 Å². The molecule has 0 spiro atoms. The first-order chi connectivity index (χ1) is 11.3. The van der Waals surface area contributed by atoms with Crippen molar-refractivity contribution in [3.8, 4) is 17.0 Å². The highest BCUT2D eigenvalue weighted by molar-refractivity contribution is 5.58. The summed E-state index contributed by atoms with van der Waals surface area (Å²) in [7, 11) is 0. The van der Waals surface area contributed by atoms with Crippen molar-refractivity contribution in [2.75, 3.05) is 11.9 Å². The number of nitrogens with zero attached hydrogens (tertiary/aromatic N) is 4. The van der Waals surface area contributed by atoms with Crippen LogP contribution in [0.1, 0.15) is 6.92 Å². The van der Waals surface area contributed by atoms with Gasteiger partial charge in [0, 0.05) is 30.4 Å². The summed E-state index contributed by atoms with van der Waals surface area (Å²) in [6, 6.07) is 9.43. The fourth-order valence-electron chi connectivity index (χ4n) is 2.04. The Morgan fingerprint density at radius 1 is 1.04 bits per heavy atom. The van der Waals surface area contributed by atoms with Gasteiger partial charge in [-0.1, -0.05) is 0 Å². The number of anilines is 1. The second-order valence-corrected chi connectivity index (χ2v) is 5.01. The van der Waals surface area contributed by atoms with Crippen LogP contribution in [0.15, 0.2) is 61.3 Å². The lowest BCUT2D eigenvalue weighted by molar-refractivity contribution is 0.233. The van der Waals surface area contributed by atoms with Crippen LogP contribution in [-0.4, -0.2) is 32.6 Å². The molecule has 6 heteroatoms. The monoisotopic (exact) mass is 307 g/mol. The Balaban J connectivity index is 1.60. The molecule has 23 heavy (non-hydrogen) atoms. The fourth-order valence-corrected chi connectivity index (χ4v) is 2.04. The van der Waals surface area contributed by atoms with E-state index in [1.54, 1.807) is 31.0 Å². The van der Waals surface area contributed by atoms with Crippen LogP contribution in [0.3, 0.4) is 0 Å². The van der Waals surface area contributed by atoms with E-state index in [0.29, 0.717) is 12.5 Å². The maximum absolute atomic E-state index is 5.76. The van der Waals surface area contributed by atoms with Crippen LogP contribution in [0.2, 0.25) is 0 Å². The highest BCUT2D eigenvalue weighted by atomic mass is 16.5. The van der Waals surface area contributed by atoms with Gasteiger partial charge in [0.2, 0.25) is 5.95 Å². The SMILES string of the molecule is CC(CNc1nccc(-c2cccnc2)n1)Oc1cccnc1. The molecule has 1 N–H and O–H groups in total. The molecule has 0 aliphatic heterocycles. The third-order valence-electron chi connectivity index (χ3n) is 3.13. The van der Waals surface area contributed by atoms with Crippen molar-refractivity contribution in [2.24, 2.45) is 0 Å². The minimum atomic E-state index is -0.0372. The number of aromatic nitrogens is 4. The maximum Gasteiger partial charge on any atom is 0.223 e. The van der Waals surface area contributed by atoms with E-state index < -0.39 is 0 Å². The zero-order valence-electron chi connectivity index (χ0n) is 12.8. The lowest BCUT2D eigenvalue weighted by atomic mass is 10.2. The number of hydrogen-bond acceptors (Lipinski definition) is 6. The highest BCUT2D eigenvalue weighted by Gasteiger charge is 2.06. The van der Waals surface area contributed by atoms with Crippen LogP contribution in [0.4, 0.5) is 5.95 Å². The summed E-state index contributed by atoms with van der Waals surface area (Å²) in [5, 5.41) is 3.19. The Morgan fingerprint density at radius 2 is 1.87 bits per heavy atom. The van der Waals surface area contributed by atoms with E-state index in [-0.39, 0.29) is 6.10 Å². The van der Waals surface area contributed by atoms with E-state index in [9.17, 15) is 0 Å². The summed E-state index contributed by atoms with van der Waals surface area (Å²) in [5.74, 6) is 1.31. The van der Waals surface area contributed by atoms with Crippen LogP contribution in [-0.2, 0) is 0 Å². The third-order valence-corrected chi connectivity index (χ3v) is 3.13. The maximum atomic E-state index is 5.76. The van der Waals surface area contributed by atoms with Crippen molar-refractivity contribution in [3.05, 3.63) is 61.3 Å². The summed E-state index contributed by atoms with van der Waals surface area (Å²) in [6.07, 6.45) is 8.61. The first kappa shape index (κ1) is 14.9. The average Bonchev–Trinajstić information content (AvgIpc) is 2.62. The van der Waals surface area contributed by atoms with Crippen molar-refractivity contribution in [3.63, 3.8) is 0 Å². The normalized spacial score (nSPS) is 11.7. The van der Waals surface area contributed by atoms with Crippen molar-refractivity contribution in [1.82, 2.24) is 19.9 Å². The van der Waals surface area contributed by atoms with E-state index in [2.05, 4.69) is 25.3 Å². The minimum absolute atomic E-state index is 0.0372. The van der Waals surface area contributed by atoms with Crippen LogP contribution >= 0.6 is 0 Å². The van der Waals surface area contributed by atoms with E-state index in [0.717, 1.165) is 17.0 Å². The van der Waals surface area contributed by atoms with Crippen LogP contribution in [0.5, 0.6) is 5.75 Å². The van der Waals surface area contributed by atoms with Gasteiger partial charge in [-0.25, -0.2) is 9.97 Å². The molecule has 1 atom stereocenters. The van der Waals surface area contributed by atoms with Gasteiger partial charge in [-0.3, -0.25) is 9.97 Å². The van der Waals surface area contributed by atoms with Crippen molar-refractivity contribution >= 4 is 5.95 Å². The number of hydrogen-bond donors (Lipinski definition) is 1. The summed E-state index contributed by atoms with van der Waals surface area (Å²) >= 11 is 0. The molecule has 3 rings (SSSR count). The molecule has 0 amide bonds. The summed E-state index contributed by atoms with van der Waals surface area (Å²) in [4.78, 5) is 16.9. The van der Waals surface area contributed by atoms with Gasteiger partial charge in [0.25, 0.3) is 0 Å². The summed E-state index contributed by atoms with van der Waals surface area (Å²) in [5.41, 5.74) is 1.79. The van der Waals surface area contributed by atoms with Crippen LogP contribution in [0, 0.1) is 0 Å². The van der Waals surface area contributed by atoms with Gasteiger partial charge in [-0.2, -0.15) is 0 Å². The Labute approximate surface area is 134 Å². The molecule has 0 aliphatic carbocycles. The number of ether oxygens (including phenoxy) is 1. The minimum Gasteiger partial charge on any atom is -0.487 e. The Kier molecular flexibility index (Phi) is 4.73. The van der Waals surface area contributed by atoms with Gasteiger partial charge in [0.1, 0.15) is 11.9 Å². The molecule has 6 nitrogen and oxygen atoms in total. The molecule has 0 bridgehead atoms. The lowest BCUT2D eigenvalue weighted by Crippen LogP contribution is -2.23. The first-order valence-electron chi connectivity index (χ1n) is 7.35. The zero-order valence-corrected chi connectivity index (χ0v) is 12.8. The molecule has 3 heterocycles. The molecule has 116 valence electrons. The molecule has 0 fully saturated rings. The van der Waals surface area contributed by atoms with E-state index in [1.165, 1.54) is 0 Å². The molecule has 0 aromatic carbocycles. The smallest absolute Gasteiger partial charge is 0.223 e.